The number of amides is 3. The van der Waals surface area contributed by atoms with Crippen LogP contribution in [0.3, 0.4) is 0 Å². The van der Waals surface area contributed by atoms with Gasteiger partial charge in [-0.3, -0.25) is 19.3 Å². The second kappa shape index (κ2) is 2.92. The number of rotatable bonds is 2. The molecule has 0 bridgehead atoms. The van der Waals surface area contributed by atoms with Gasteiger partial charge in [0.2, 0.25) is 5.91 Å². The molecule has 1 aliphatic rings. The van der Waals surface area contributed by atoms with Crippen LogP contribution < -0.4 is 5.32 Å². The summed E-state index contributed by atoms with van der Waals surface area (Å²) in [4.78, 5) is 34.0. The number of hydrogen-bond donors (Lipinski definition) is 1. The Labute approximate surface area is 69.7 Å². The van der Waals surface area contributed by atoms with Crippen LogP contribution in [-0.4, -0.2) is 36.2 Å². The number of carbonyl (C=O) groups is 3. The third-order valence-corrected chi connectivity index (χ3v) is 1.85. The molecule has 0 saturated carbocycles. The monoisotopic (exact) mass is 170 g/mol. The van der Waals surface area contributed by atoms with Gasteiger partial charge in [-0.25, -0.2) is 0 Å². The molecule has 0 spiro atoms. The Bertz CT molecular complexity index is 233. The summed E-state index contributed by atoms with van der Waals surface area (Å²) in [6, 6.07) is 0. The van der Waals surface area contributed by atoms with Crippen LogP contribution in [0.5, 0.6) is 0 Å². The van der Waals surface area contributed by atoms with E-state index in [1.165, 1.54) is 7.05 Å². The lowest BCUT2D eigenvalue weighted by Gasteiger charge is -2.33. The van der Waals surface area contributed by atoms with Gasteiger partial charge >= 0.3 is 0 Å². The first-order valence-electron chi connectivity index (χ1n) is 3.70. The Morgan fingerprint density at radius 2 is 2.00 bits per heavy atom. The highest BCUT2D eigenvalue weighted by Crippen LogP contribution is 2.18. The highest BCUT2D eigenvalue weighted by Gasteiger charge is 2.49. The van der Waals surface area contributed by atoms with Gasteiger partial charge in [-0.2, -0.15) is 0 Å². The van der Waals surface area contributed by atoms with E-state index in [-0.39, 0.29) is 0 Å². The minimum Gasteiger partial charge on any atom is -0.358 e. The molecule has 66 valence electrons. The summed E-state index contributed by atoms with van der Waals surface area (Å²) in [5.41, 5.74) is 0. The number of hydrogen-bond acceptors (Lipinski definition) is 3. The fraction of sp³-hybridized carbons (Fsp3) is 0.571. The molecule has 0 aliphatic carbocycles. The zero-order valence-electron chi connectivity index (χ0n) is 6.96. The Kier molecular flexibility index (Phi) is 2.12. The molecule has 1 saturated heterocycles. The van der Waals surface area contributed by atoms with E-state index in [0.29, 0.717) is 6.54 Å². The Hall–Kier alpha value is -1.39. The molecular weight excluding hydrogens is 160 g/mol. The first kappa shape index (κ1) is 8.70. The molecule has 1 heterocycles. The number of imide groups is 1. The van der Waals surface area contributed by atoms with Crippen molar-refractivity contribution in [1.29, 1.82) is 0 Å². The lowest BCUT2D eigenvalue weighted by Crippen LogP contribution is -2.62. The Balaban J connectivity index is 2.68. The summed E-state index contributed by atoms with van der Waals surface area (Å²) in [5, 5.41) is 2.27. The fourth-order valence-electron chi connectivity index (χ4n) is 1.14. The topological polar surface area (TPSA) is 66.5 Å². The van der Waals surface area contributed by atoms with Gasteiger partial charge in [0.1, 0.15) is 0 Å². The van der Waals surface area contributed by atoms with Crippen molar-refractivity contribution in [2.45, 2.75) is 6.92 Å². The molecule has 12 heavy (non-hydrogen) atoms. The molecule has 0 aromatic heterocycles. The molecule has 5 heteroatoms. The molecule has 1 aliphatic heterocycles. The van der Waals surface area contributed by atoms with E-state index in [1.54, 1.807) is 6.92 Å². The third kappa shape index (κ3) is 0.975. The maximum atomic E-state index is 11.0. The molecule has 0 atom stereocenters. The number of β-lactam (4-membered cyclic amide) rings is 2. The minimum atomic E-state index is -1.09. The number of nitrogens with zero attached hydrogens (tertiary/aromatic N) is 1. The SMILES string of the molecule is CCN1C(=O)C(C(=O)NC)C1=O. The largest absolute Gasteiger partial charge is 0.358 e. The predicted octanol–water partition coefficient (Wildman–Crippen LogP) is -1.26. The van der Waals surface area contributed by atoms with Crippen LogP contribution in [0, 0.1) is 5.92 Å². The van der Waals surface area contributed by atoms with Gasteiger partial charge in [-0.1, -0.05) is 0 Å². The second-order valence-electron chi connectivity index (χ2n) is 2.47. The van der Waals surface area contributed by atoms with E-state index in [0.717, 1.165) is 4.90 Å². The summed E-state index contributed by atoms with van der Waals surface area (Å²) in [5.74, 6) is -2.41. The Morgan fingerprint density at radius 3 is 2.33 bits per heavy atom. The van der Waals surface area contributed by atoms with E-state index in [4.69, 9.17) is 0 Å². The van der Waals surface area contributed by atoms with Crippen molar-refractivity contribution in [3.63, 3.8) is 0 Å². The van der Waals surface area contributed by atoms with Crippen molar-refractivity contribution in [3.8, 4) is 0 Å². The molecule has 0 radical (unpaired) electrons. The van der Waals surface area contributed by atoms with Crippen molar-refractivity contribution in [3.05, 3.63) is 0 Å². The first-order valence-corrected chi connectivity index (χ1v) is 3.70. The van der Waals surface area contributed by atoms with E-state index in [2.05, 4.69) is 5.32 Å². The maximum Gasteiger partial charge on any atom is 0.251 e. The van der Waals surface area contributed by atoms with Gasteiger partial charge in [0.15, 0.2) is 5.92 Å². The van der Waals surface area contributed by atoms with Gasteiger partial charge < -0.3 is 5.32 Å². The standard InChI is InChI=1S/C7H10N2O3/c1-3-9-6(11)4(7(9)12)5(10)8-2/h4H,3H2,1-2H3,(H,8,10). The van der Waals surface area contributed by atoms with Crippen LogP contribution in [0.4, 0.5) is 0 Å². The average Bonchev–Trinajstić information content (AvgIpc) is 2.05. The summed E-state index contributed by atoms with van der Waals surface area (Å²) in [7, 11) is 1.40. The van der Waals surface area contributed by atoms with Crippen molar-refractivity contribution in [2.75, 3.05) is 13.6 Å². The second-order valence-corrected chi connectivity index (χ2v) is 2.47. The Morgan fingerprint density at radius 1 is 1.50 bits per heavy atom. The average molecular weight is 170 g/mol. The maximum absolute atomic E-state index is 11.0. The predicted molar refractivity (Wildman–Crippen MR) is 40.0 cm³/mol. The number of likely N-dealkylation sites (tertiary alicyclic amines) is 1. The third-order valence-electron chi connectivity index (χ3n) is 1.85. The van der Waals surface area contributed by atoms with Crippen LogP contribution in [0.1, 0.15) is 6.92 Å². The lowest BCUT2D eigenvalue weighted by atomic mass is 9.97. The smallest absolute Gasteiger partial charge is 0.251 e. The molecule has 1 N–H and O–H groups in total. The van der Waals surface area contributed by atoms with Gasteiger partial charge in [0.25, 0.3) is 11.8 Å². The molecule has 5 nitrogen and oxygen atoms in total. The fourth-order valence-corrected chi connectivity index (χ4v) is 1.14. The van der Waals surface area contributed by atoms with E-state index in [9.17, 15) is 14.4 Å². The van der Waals surface area contributed by atoms with Crippen molar-refractivity contribution in [1.82, 2.24) is 10.2 Å². The zero-order chi connectivity index (χ0) is 9.30. The minimum absolute atomic E-state index is 0.338. The zero-order valence-corrected chi connectivity index (χ0v) is 6.96. The number of nitrogens with one attached hydrogen (secondary N) is 1. The van der Waals surface area contributed by atoms with Gasteiger partial charge in [0.05, 0.1) is 0 Å². The van der Waals surface area contributed by atoms with Crippen molar-refractivity contribution >= 4 is 17.7 Å². The van der Waals surface area contributed by atoms with Crippen LogP contribution in [0.2, 0.25) is 0 Å². The quantitative estimate of drug-likeness (QED) is 0.415. The van der Waals surface area contributed by atoms with Crippen LogP contribution >= 0.6 is 0 Å². The van der Waals surface area contributed by atoms with Crippen molar-refractivity contribution in [2.24, 2.45) is 5.92 Å². The highest BCUT2D eigenvalue weighted by molar-refractivity contribution is 6.29. The lowest BCUT2D eigenvalue weighted by molar-refractivity contribution is -0.167. The molecule has 0 aromatic carbocycles. The van der Waals surface area contributed by atoms with Gasteiger partial charge in [-0.05, 0) is 6.92 Å². The van der Waals surface area contributed by atoms with Crippen molar-refractivity contribution < 1.29 is 14.4 Å². The summed E-state index contributed by atoms with van der Waals surface area (Å²) in [6.45, 7) is 2.03. The summed E-state index contributed by atoms with van der Waals surface area (Å²) >= 11 is 0. The molecular formula is C7H10N2O3. The first-order chi connectivity index (χ1) is 5.63. The molecule has 0 aromatic rings. The van der Waals surface area contributed by atoms with Gasteiger partial charge in [0, 0.05) is 13.6 Å². The molecule has 1 rings (SSSR count). The van der Waals surface area contributed by atoms with Crippen LogP contribution in [0.15, 0.2) is 0 Å². The van der Waals surface area contributed by atoms with E-state index < -0.39 is 23.6 Å². The van der Waals surface area contributed by atoms with E-state index in [1.807, 2.05) is 0 Å². The molecule has 1 fully saturated rings. The molecule has 3 amide bonds. The summed E-state index contributed by atoms with van der Waals surface area (Å²) in [6.07, 6.45) is 0. The molecule has 0 unspecified atom stereocenters. The number of carbonyl (C=O) groups excluding carboxylic acids is 3. The normalized spacial score (nSPS) is 17.7. The van der Waals surface area contributed by atoms with Gasteiger partial charge in [-0.15, -0.1) is 0 Å². The summed E-state index contributed by atoms with van der Waals surface area (Å²) < 4.78 is 0. The van der Waals surface area contributed by atoms with E-state index >= 15 is 0 Å². The van der Waals surface area contributed by atoms with Crippen LogP contribution in [0.25, 0.3) is 0 Å². The van der Waals surface area contributed by atoms with Crippen LogP contribution in [-0.2, 0) is 14.4 Å². The highest BCUT2D eigenvalue weighted by atomic mass is 16.2.